The van der Waals surface area contributed by atoms with E-state index in [1.54, 1.807) is 12.1 Å². The van der Waals surface area contributed by atoms with Crippen LogP contribution in [0.4, 0.5) is 0 Å². The predicted molar refractivity (Wildman–Crippen MR) is 92.6 cm³/mol. The summed E-state index contributed by atoms with van der Waals surface area (Å²) in [6, 6.07) is 15.3. The number of aryl methyl sites for hydroxylation is 1. The first-order chi connectivity index (χ1) is 10.9. The van der Waals surface area contributed by atoms with Gasteiger partial charge >= 0.3 is 0 Å². The van der Waals surface area contributed by atoms with E-state index in [9.17, 15) is 4.79 Å². The van der Waals surface area contributed by atoms with Crippen LogP contribution in [0, 0.1) is 6.92 Å². The molecule has 0 aliphatic rings. The molecule has 0 unspecified atom stereocenters. The molecule has 0 fully saturated rings. The first kappa shape index (κ1) is 17.0. The molecule has 0 radical (unpaired) electrons. The van der Waals surface area contributed by atoms with Gasteiger partial charge in [0, 0.05) is 17.6 Å². The van der Waals surface area contributed by atoms with E-state index in [2.05, 4.69) is 11.4 Å². The Bertz CT molecular complexity index is 681. The van der Waals surface area contributed by atoms with Gasteiger partial charge in [-0.2, -0.15) is 0 Å². The Morgan fingerprint density at radius 2 is 1.91 bits per heavy atom. The van der Waals surface area contributed by atoms with Gasteiger partial charge in [0.05, 0.1) is 0 Å². The van der Waals surface area contributed by atoms with Crippen LogP contribution in [0.5, 0.6) is 5.75 Å². The molecule has 0 aliphatic heterocycles. The van der Waals surface area contributed by atoms with Crippen LogP contribution in [-0.4, -0.2) is 18.0 Å². The molecule has 0 spiro atoms. The van der Waals surface area contributed by atoms with Gasteiger partial charge in [-0.3, -0.25) is 4.79 Å². The Morgan fingerprint density at radius 3 is 2.61 bits per heavy atom. The van der Waals surface area contributed by atoms with Crippen LogP contribution in [0.2, 0.25) is 0 Å². The van der Waals surface area contributed by atoms with E-state index in [4.69, 9.17) is 10.5 Å². The largest absolute Gasteiger partial charge is 0.489 e. The molecule has 2 aromatic carbocycles. The SMILES string of the molecule is Cc1cccc(COc2cccc(C(=O)NC(C)(C)CN)c2)c1. The zero-order valence-corrected chi connectivity index (χ0v) is 13.9. The van der Waals surface area contributed by atoms with E-state index in [1.807, 2.05) is 51.1 Å². The highest BCUT2D eigenvalue weighted by Gasteiger charge is 2.19. The molecular formula is C19H24N2O2. The second-order valence-corrected chi connectivity index (χ2v) is 6.35. The molecule has 0 aromatic heterocycles. The third kappa shape index (κ3) is 5.11. The first-order valence-corrected chi connectivity index (χ1v) is 7.71. The first-order valence-electron chi connectivity index (χ1n) is 7.71. The summed E-state index contributed by atoms with van der Waals surface area (Å²) in [7, 11) is 0. The summed E-state index contributed by atoms with van der Waals surface area (Å²) in [4.78, 5) is 12.3. The second-order valence-electron chi connectivity index (χ2n) is 6.35. The minimum Gasteiger partial charge on any atom is -0.489 e. The maximum atomic E-state index is 12.3. The Balaban J connectivity index is 2.03. The zero-order valence-electron chi connectivity index (χ0n) is 13.9. The van der Waals surface area contributed by atoms with Crippen LogP contribution in [-0.2, 0) is 6.61 Å². The van der Waals surface area contributed by atoms with Crippen molar-refractivity contribution in [2.24, 2.45) is 5.73 Å². The molecule has 0 atom stereocenters. The molecule has 0 heterocycles. The molecule has 0 saturated heterocycles. The van der Waals surface area contributed by atoms with E-state index >= 15 is 0 Å². The van der Waals surface area contributed by atoms with Gasteiger partial charge in [0.15, 0.2) is 0 Å². The Morgan fingerprint density at radius 1 is 1.17 bits per heavy atom. The Labute approximate surface area is 137 Å². The Kier molecular flexibility index (Phi) is 5.40. The summed E-state index contributed by atoms with van der Waals surface area (Å²) in [5, 5.41) is 2.91. The molecule has 3 N–H and O–H groups in total. The van der Waals surface area contributed by atoms with Gasteiger partial charge in [0.25, 0.3) is 5.91 Å². The predicted octanol–water partition coefficient (Wildman–Crippen LogP) is 3.04. The molecule has 0 saturated carbocycles. The van der Waals surface area contributed by atoms with Crippen LogP contribution in [0.25, 0.3) is 0 Å². The standard InChI is InChI=1S/C19H24N2O2/c1-14-6-4-7-15(10-14)12-23-17-9-5-8-16(11-17)18(22)21-19(2,3)13-20/h4-11H,12-13,20H2,1-3H3,(H,21,22). The third-order valence-electron chi connectivity index (χ3n) is 3.55. The number of hydrogen-bond donors (Lipinski definition) is 2. The summed E-state index contributed by atoms with van der Waals surface area (Å²) in [5.74, 6) is 0.520. The molecule has 0 bridgehead atoms. The van der Waals surface area contributed by atoms with Crippen LogP contribution in [0.1, 0.15) is 35.3 Å². The fraction of sp³-hybridized carbons (Fsp3) is 0.316. The quantitative estimate of drug-likeness (QED) is 0.861. The van der Waals surface area contributed by atoms with Crippen molar-refractivity contribution in [1.82, 2.24) is 5.32 Å². The van der Waals surface area contributed by atoms with Crippen molar-refractivity contribution < 1.29 is 9.53 Å². The molecule has 2 rings (SSSR count). The minimum absolute atomic E-state index is 0.151. The maximum absolute atomic E-state index is 12.3. The highest BCUT2D eigenvalue weighted by molar-refractivity contribution is 5.95. The minimum atomic E-state index is -0.435. The van der Waals surface area contributed by atoms with Crippen molar-refractivity contribution >= 4 is 5.91 Å². The van der Waals surface area contributed by atoms with E-state index in [0.29, 0.717) is 24.5 Å². The van der Waals surface area contributed by atoms with Gasteiger partial charge in [-0.15, -0.1) is 0 Å². The van der Waals surface area contributed by atoms with Gasteiger partial charge in [-0.05, 0) is 44.5 Å². The van der Waals surface area contributed by atoms with Crippen LogP contribution in [0.15, 0.2) is 48.5 Å². The van der Waals surface area contributed by atoms with E-state index in [1.165, 1.54) is 5.56 Å². The van der Waals surface area contributed by atoms with Crippen LogP contribution in [0.3, 0.4) is 0 Å². The molecule has 1 amide bonds. The lowest BCUT2D eigenvalue weighted by Gasteiger charge is -2.24. The molecule has 122 valence electrons. The lowest BCUT2D eigenvalue weighted by Crippen LogP contribution is -2.48. The molecule has 0 aliphatic carbocycles. The average molecular weight is 312 g/mol. The van der Waals surface area contributed by atoms with Gasteiger partial charge in [0.1, 0.15) is 12.4 Å². The van der Waals surface area contributed by atoms with Crippen LogP contribution < -0.4 is 15.8 Å². The number of nitrogens with two attached hydrogens (primary N) is 1. The lowest BCUT2D eigenvalue weighted by atomic mass is 10.1. The molecular weight excluding hydrogens is 288 g/mol. The summed E-state index contributed by atoms with van der Waals surface area (Å²) in [6.45, 7) is 6.68. The highest BCUT2D eigenvalue weighted by Crippen LogP contribution is 2.16. The van der Waals surface area contributed by atoms with Crippen molar-refractivity contribution in [3.63, 3.8) is 0 Å². The highest BCUT2D eigenvalue weighted by atomic mass is 16.5. The monoisotopic (exact) mass is 312 g/mol. The maximum Gasteiger partial charge on any atom is 0.251 e. The average Bonchev–Trinajstić information content (AvgIpc) is 2.53. The van der Waals surface area contributed by atoms with Gasteiger partial charge in [-0.1, -0.05) is 35.9 Å². The summed E-state index contributed by atoms with van der Waals surface area (Å²) >= 11 is 0. The van der Waals surface area contributed by atoms with Crippen molar-refractivity contribution in [3.05, 3.63) is 65.2 Å². The van der Waals surface area contributed by atoms with Gasteiger partial charge in [-0.25, -0.2) is 0 Å². The molecule has 23 heavy (non-hydrogen) atoms. The zero-order chi connectivity index (χ0) is 16.9. The number of hydrogen-bond acceptors (Lipinski definition) is 3. The summed E-state index contributed by atoms with van der Waals surface area (Å²) < 4.78 is 5.79. The number of benzene rings is 2. The fourth-order valence-electron chi connectivity index (χ4n) is 2.13. The fourth-order valence-corrected chi connectivity index (χ4v) is 2.13. The smallest absolute Gasteiger partial charge is 0.251 e. The molecule has 4 nitrogen and oxygen atoms in total. The van der Waals surface area contributed by atoms with Crippen molar-refractivity contribution in [2.45, 2.75) is 32.9 Å². The van der Waals surface area contributed by atoms with E-state index in [0.717, 1.165) is 5.56 Å². The number of rotatable bonds is 6. The molecule has 4 heteroatoms. The molecule has 2 aromatic rings. The van der Waals surface area contributed by atoms with Crippen molar-refractivity contribution in [3.8, 4) is 5.75 Å². The van der Waals surface area contributed by atoms with Crippen molar-refractivity contribution in [1.29, 1.82) is 0 Å². The normalized spacial score (nSPS) is 11.1. The van der Waals surface area contributed by atoms with E-state index in [-0.39, 0.29) is 5.91 Å². The number of carbonyl (C=O) groups excluding carboxylic acids is 1. The lowest BCUT2D eigenvalue weighted by molar-refractivity contribution is 0.0915. The number of ether oxygens (including phenoxy) is 1. The number of amides is 1. The Hall–Kier alpha value is -2.33. The van der Waals surface area contributed by atoms with Crippen LogP contribution >= 0.6 is 0 Å². The third-order valence-corrected chi connectivity index (χ3v) is 3.55. The summed E-state index contributed by atoms with van der Waals surface area (Å²) in [6.07, 6.45) is 0. The topological polar surface area (TPSA) is 64.3 Å². The van der Waals surface area contributed by atoms with Crippen molar-refractivity contribution in [2.75, 3.05) is 6.54 Å². The number of carbonyl (C=O) groups is 1. The summed E-state index contributed by atoms with van der Waals surface area (Å²) in [5.41, 5.74) is 8.07. The van der Waals surface area contributed by atoms with Gasteiger partial charge in [0.2, 0.25) is 0 Å². The van der Waals surface area contributed by atoms with E-state index < -0.39 is 5.54 Å². The number of nitrogens with one attached hydrogen (secondary N) is 1. The van der Waals surface area contributed by atoms with Gasteiger partial charge < -0.3 is 15.8 Å². The second kappa shape index (κ2) is 7.29.